The molecule has 2 aliphatic rings. The van der Waals surface area contributed by atoms with Crippen molar-refractivity contribution in [1.29, 1.82) is 0 Å². The monoisotopic (exact) mass is 406 g/mol. The quantitative estimate of drug-likeness (QED) is 0.735. The van der Waals surface area contributed by atoms with Crippen LogP contribution in [0.3, 0.4) is 0 Å². The Morgan fingerprint density at radius 2 is 2.14 bits per heavy atom. The van der Waals surface area contributed by atoms with E-state index in [4.69, 9.17) is 19.9 Å². The lowest BCUT2D eigenvalue weighted by atomic mass is 9.85. The molecule has 3 rings (SSSR count). The van der Waals surface area contributed by atoms with Crippen LogP contribution in [0.15, 0.2) is 24.8 Å². The molecule has 2 N–H and O–H groups in total. The number of carbonyl (C=O) groups excluding carboxylic acids is 1. The number of ether oxygens (including phenoxy) is 3. The van der Waals surface area contributed by atoms with Crippen LogP contribution in [0.1, 0.15) is 43.9 Å². The number of piperidine rings is 1. The molecule has 2 saturated heterocycles. The fourth-order valence-corrected chi connectivity index (χ4v) is 3.95. The first-order valence-electron chi connectivity index (χ1n) is 10.1. The molecule has 6 nitrogen and oxygen atoms in total. The highest BCUT2D eigenvalue weighted by atomic mass is 19.1. The molecule has 2 unspecified atom stereocenters. The van der Waals surface area contributed by atoms with E-state index in [-0.39, 0.29) is 30.3 Å². The first-order valence-corrected chi connectivity index (χ1v) is 10.1. The molecule has 0 bridgehead atoms. The first kappa shape index (κ1) is 21.7. The zero-order valence-corrected chi connectivity index (χ0v) is 17.4. The van der Waals surface area contributed by atoms with Crippen molar-refractivity contribution in [2.24, 2.45) is 11.7 Å². The second-order valence-corrected chi connectivity index (χ2v) is 8.24. The Bertz CT molecular complexity index is 759. The third-order valence-electron chi connectivity index (χ3n) is 5.65. The molecule has 0 aromatic heterocycles. The highest BCUT2D eigenvalue weighted by Gasteiger charge is 2.40. The molecular formula is C22H31FN2O4. The summed E-state index contributed by atoms with van der Waals surface area (Å²) in [5, 5.41) is 0. The molecule has 2 aliphatic heterocycles. The van der Waals surface area contributed by atoms with Gasteiger partial charge in [0.1, 0.15) is 18.2 Å². The minimum atomic E-state index is -0.724. The highest BCUT2D eigenvalue weighted by molar-refractivity contribution is 5.81. The summed E-state index contributed by atoms with van der Waals surface area (Å²) in [7, 11) is 0. The third-order valence-corrected chi connectivity index (χ3v) is 5.65. The summed E-state index contributed by atoms with van der Waals surface area (Å²) in [5.41, 5.74) is 7.70. The lowest BCUT2D eigenvalue weighted by molar-refractivity contribution is -0.161. The zero-order chi connectivity index (χ0) is 21.2. The predicted octanol–water partition coefficient (Wildman–Crippen LogP) is 3.09. The second-order valence-electron chi connectivity index (χ2n) is 8.24. The summed E-state index contributed by atoms with van der Waals surface area (Å²) < 4.78 is 31.1. The number of rotatable bonds is 6. The molecule has 2 heterocycles. The van der Waals surface area contributed by atoms with Crippen molar-refractivity contribution in [3.8, 4) is 5.75 Å². The first-order chi connectivity index (χ1) is 13.7. The van der Waals surface area contributed by atoms with Gasteiger partial charge >= 0.3 is 0 Å². The number of hydrogen-bond acceptors (Lipinski definition) is 5. The van der Waals surface area contributed by atoms with E-state index in [1.807, 2.05) is 4.90 Å². The number of halogens is 1. The molecule has 2 fully saturated rings. The van der Waals surface area contributed by atoms with Crippen molar-refractivity contribution in [2.45, 2.75) is 51.5 Å². The number of carbonyl (C=O) groups is 1. The molecule has 29 heavy (non-hydrogen) atoms. The molecule has 0 radical (unpaired) electrons. The van der Waals surface area contributed by atoms with Gasteiger partial charge in [-0.2, -0.15) is 0 Å². The maximum atomic E-state index is 14.2. The van der Waals surface area contributed by atoms with Crippen molar-refractivity contribution in [3.63, 3.8) is 0 Å². The maximum absolute atomic E-state index is 14.2. The minimum Gasteiger partial charge on any atom is -0.489 e. The van der Waals surface area contributed by atoms with E-state index in [2.05, 4.69) is 6.58 Å². The molecular weight excluding hydrogens is 375 g/mol. The minimum absolute atomic E-state index is 0.0426. The van der Waals surface area contributed by atoms with E-state index in [0.717, 1.165) is 12.8 Å². The van der Waals surface area contributed by atoms with Crippen LogP contribution in [0.2, 0.25) is 0 Å². The van der Waals surface area contributed by atoms with Gasteiger partial charge in [-0.25, -0.2) is 4.39 Å². The van der Waals surface area contributed by atoms with Gasteiger partial charge in [0.15, 0.2) is 11.9 Å². The van der Waals surface area contributed by atoms with Crippen LogP contribution in [-0.4, -0.2) is 49.0 Å². The summed E-state index contributed by atoms with van der Waals surface area (Å²) in [6.07, 6.45) is 2.56. The van der Waals surface area contributed by atoms with Gasteiger partial charge in [0, 0.05) is 24.7 Å². The maximum Gasteiger partial charge on any atom is 0.254 e. The lowest BCUT2D eigenvalue weighted by Crippen LogP contribution is -2.46. The largest absolute Gasteiger partial charge is 0.489 e. The number of nitrogens with zero attached hydrogens (tertiary/aromatic N) is 1. The topological polar surface area (TPSA) is 74.0 Å². The number of amides is 1. The van der Waals surface area contributed by atoms with Crippen molar-refractivity contribution in [3.05, 3.63) is 41.7 Å². The molecule has 1 amide bonds. The van der Waals surface area contributed by atoms with Gasteiger partial charge in [0.2, 0.25) is 0 Å². The van der Waals surface area contributed by atoms with Crippen molar-refractivity contribution in [2.75, 3.05) is 26.3 Å². The summed E-state index contributed by atoms with van der Waals surface area (Å²) >= 11 is 0. The molecule has 0 saturated carbocycles. The van der Waals surface area contributed by atoms with Crippen LogP contribution >= 0.6 is 0 Å². The van der Waals surface area contributed by atoms with E-state index in [1.165, 1.54) is 6.07 Å². The van der Waals surface area contributed by atoms with Crippen LogP contribution < -0.4 is 10.5 Å². The molecule has 0 spiro atoms. The summed E-state index contributed by atoms with van der Waals surface area (Å²) in [5.74, 6) is -0.342. The van der Waals surface area contributed by atoms with Crippen molar-refractivity contribution < 1.29 is 23.4 Å². The number of aryl methyl sites for hydroxylation is 1. The van der Waals surface area contributed by atoms with Crippen molar-refractivity contribution >= 4 is 5.91 Å². The third kappa shape index (κ3) is 4.97. The highest BCUT2D eigenvalue weighted by Crippen LogP contribution is 2.36. The Morgan fingerprint density at radius 1 is 1.45 bits per heavy atom. The smallest absolute Gasteiger partial charge is 0.254 e. The molecule has 160 valence electrons. The Morgan fingerprint density at radius 3 is 2.72 bits per heavy atom. The number of nitrogens with two attached hydrogens (primary N) is 1. The molecule has 0 aliphatic carbocycles. The Kier molecular flexibility index (Phi) is 6.61. The Hall–Kier alpha value is -1.96. The fourth-order valence-electron chi connectivity index (χ4n) is 3.95. The van der Waals surface area contributed by atoms with Gasteiger partial charge in [-0.05, 0) is 57.2 Å². The Labute approximate surface area is 171 Å². The SMILES string of the molecule is C=CCOc1cc(C)c(F)cc1C(N)C1CCN(C(=O)C2COC(C)(C)O2)CC1. The summed E-state index contributed by atoms with van der Waals surface area (Å²) in [4.78, 5) is 14.5. The van der Waals surface area contributed by atoms with Gasteiger partial charge in [-0.1, -0.05) is 12.7 Å². The average molecular weight is 406 g/mol. The van der Waals surface area contributed by atoms with Crippen LogP contribution in [0, 0.1) is 18.7 Å². The standard InChI is InChI=1S/C22H31FN2O4/c1-5-10-27-18-11-14(2)17(23)12-16(18)20(24)15-6-8-25(9-7-15)21(26)19-13-28-22(3,4)29-19/h5,11-12,15,19-20H,1,6-10,13,24H2,2-4H3. The molecule has 7 heteroatoms. The normalized spacial score (nSPS) is 23.1. The van der Waals surface area contributed by atoms with Gasteiger partial charge in [-0.15, -0.1) is 0 Å². The molecule has 1 aromatic carbocycles. The zero-order valence-electron chi connectivity index (χ0n) is 17.4. The number of benzene rings is 1. The molecule has 2 atom stereocenters. The fraction of sp³-hybridized carbons (Fsp3) is 0.591. The van der Waals surface area contributed by atoms with Crippen LogP contribution in [0.4, 0.5) is 4.39 Å². The van der Waals surface area contributed by atoms with Gasteiger partial charge in [-0.3, -0.25) is 4.79 Å². The predicted molar refractivity (Wildman–Crippen MR) is 108 cm³/mol. The van der Waals surface area contributed by atoms with Crippen molar-refractivity contribution in [1.82, 2.24) is 4.90 Å². The van der Waals surface area contributed by atoms with Gasteiger partial charge in [0.05, 0.1) is 6.61 Å². The molecule has 1 aromatic rings. The van der Waals surface area contributed by atoms with Crippen LogP contribution in [0.5, 0.6) is 5.75 Å². The van der Waals surface area contributed by atoms with E-state index < -0.39 is 11.9 Å². The van der Waals surface area contributed by atoms with E-state index in [1.54, 1.807) is 32.9 Å². The van der Waals surface area contributed by atoms with Crippen LogP contribution in [-0.2, 0) is 14.3 Å². The number of hydrogen-bond donors (Lipinski definition) is 1. The average Bonchev–Trinajstić information content (AvgIpc) is 3.07. The van der Waals surface area contributed by atoms with Gasteiger partial charge in [0.25, 0.3) is 5.91 Å². The van der Waals surface area contributed by atoms with E-state index >= 15 is 0 Å². The van der Waals surface area contributed by atoms with Crippen LogP contribution in [0.25, 0.3) is 0 Å². The number of likely N-dealkylation sites (tertiary alicyclic amines) is 1. The second kappa shape index (κ2) is 8.81. The summed E-state index contributed by atoms with van der Waals surface area (Å²) in [6.45, 7) is 10.8. The van der Waals surface area contributed by atoms with E-state index in [0.29, 0.717) is 36.6 Å². The van der Waals surface area contributed by atoms with Gasteiger partial charge < -0.3 is 24.8 Å². The van der Waals surface area contributed by atoms with E-state index in [9.17, 15) is 9.18 Å². The summed E-state index contributed by atoms with van der Waals surface area (Å²) in [6, 6.07) is 2.79. The Balaban J connectivity index is 1.64. The lowest BCUT2D eigenvalue weighted by Gasteiger charge is -2.36.